The fourth-order valence-corrected chi connectivity index (χ4v) is 6.24. The molecule has 0 aromatic heterocycles. The highest BCUT2D eigenvalue weighted by Crippen LogP contribution is 2.13. The molecule has 0 N–H and O–H groups in total. The summed E-state index contributed by atoms with van der Waals surface area (Å²) in [6, 6.07) is 0. The minimum atomic E-state index is -0.556. The van der Waals surface area contributed by atoms with Crippen LogP contribution in [0.1, 0.15) is 213 Å². The molecule has 0 bridgehead atoms. The fourth-order valence-electron chi connectivity index (χ4n) is 6.24. The van der Waals surface area contributed by atoms with E-state index in [4.69, 9.17) is 14.2 Å². The first kappa shape index (κ1) is 53.3. The van der Waals surface area contributed by atoms with Crippen molar-refractivity contribution in [2.75, 3.05) is 19.8 Å². The van der Waals surface area contributed by atoms with Gasteiger partial charge in [0.2, 0.25) is 0 Å². The van der Waals surface area contributed by atoms with Crippen LogP contribution in [0.15, 0.2) is 72.9 Å². The molecule has 56 heavy (non-hydrogen) atoms. The molecule has 0 aliphatic carbocycles. The maximum Gasteiger partial charge on any atom is 0.306 e. The predicted molar refractivity (Wildman–Crippen MR) is 242 cm³/mol. The molecule has 1 atom stereocenters. The third-order valence-corrected chi connectivity index (χ3v) is 9.73. The van der Waals surface area contributed by atoms with Crippen molar-refractivity contribution in [2.24, 2.45) is 0 Å². The zero-order chi connectivity index (χ0) is 40.7. The largest absolute Gasteiger partial charge is 0.462 e. The summed E-state index contributed by atoms with van der Waals surface area (Å²) in [7, 11) is 0. The monoisotopic (exact) mass is 781 g/mol. The van der Waals surface area contributed by atoms with Crippen LogP contribution in [0.4, 0.5) is 0 Å². The van der Waals surface area contributed by atoms with Gasteiger partial charge in [-0.3, -0.25) is 9.59 Å². The third-order valence-electron chi connectivity index (χ3n) is 9.73. The van der Waals surface area contributed by atoms with E-state index in [1.165, 1.54) is 96.3 Å². The Morgan fingerprint density at radius 2 is 0.804 bits per heavy atom. The molecule has 0 aromatic rings. The van der Waals surface area contributed by atoms with Crippen LogP contribution in [-0.4, -0.2) is 37.9 Å². The van der Waals surface area contributed by atoms with E-state index in [-0.39, 0.29) is 25.2 Å². The van der Waals surface area contributed by atoms with Gasteiger partial charge >= 0.3 is 11.9 Å². The van der Waals surface area contributed by atoms with Crippen molar-refractivity contribution in [1.82, 2.24) is 0 Å². The van der Waals surface area contributed by atoms with E-state index < -0.39 is 6.10 Å². The van der Waals surface area contributed by atoms with Crippen molar-refractivity contribution in [3.63, 3.8) is 0 Å². The Labute approximate surface area is 347 Å². The number of esters is 2. The number of hydrogen-bond donors (Lipinski definition) is 0. The zero-order valence-electron chi connectivity index (χ0n) is 36.9. The van der Waals surface area contributed by atoms with E-state index >= 15 is 0 Å². The van der Waals surface area contributed by atoms with Gasteiger partial charge in [0.05, 0.1) is 6.61 Å². The maximum absolute atomic E-state index is 12.7. The average Bonchev–Trinajstić information content (AvgIpc) is 3.20. The Morgan fingerprint density at radius 3 is 1.36 bits per heavy atom. The summed E-state index contributed by atoms with van der Waals surface area (Å²) in [6.45, 7) is 7.60. The minimum Gasteiger partial charge on any atom is -0.462 e. The number of unbranched alkanes of at least 4 members (excludes halogenated alkanes) is 19. The molecule has 0 aliphatic rings. The Morgan fingerprint density at radius 1 is 0.411 bits per heavy atom. The second kappa shape index (κ2) is 46.7. The first-order valence-corrected chi connectivity index (χ1v) is 23.5. The van der Waals surface area contributed by atoms with Crippen LogP contribution < -0.4 is 0 Å². The number of carbonyl (C=O) groups excluding carboxylic acids is 2. The van der Waals surface area contributed by atoms with Gasteiger partial charge in [-0.1, -0.05) is 184 Å². The van der Waals surface area contributed by atoms with Crippen LogP contribution in [0.2, 0.25) is 0 Å². The molecule has 0 spiro atoms. The van der Waals surface area contributed by atoms with E-state index in [0.29, 0.717) is 19.4 Å². The van der Waals surface area contributed by atoms with Gasteiger partial charge < -0.3 is 14.2 Å². The maximum atomic E-state index is 12.7. The molecule has 5 nitrogen and oxygen atoms in total. The van der Waals surface area contributed by atoms with Crippen LogP contribution in [0, 0.1) is 0 Å². The SMILES string of the molecule is CC/C=C\C/C=C\C/C=C\C/C=C\CCCCC(=O)OC(COCCCCCCCC)COC(=O)CCCCCCCCCCC/C=C\C/C=C\CCCCC. The minimum absolute atomic E-state index is 0.0645. The van der Waals surface area contributed by atoms with Gasteiger partial charge in [-0.2, -0.15) is 0 Å². The van der Waals surface area contributed by atoms with Gasteiger partial charge in [-0.05, 0) is 89.9 Å². The third kappa shape index (κ3) is 44.1. The molecular formula is C51H88O5. The summed E-state index contributed by atoms with van der Waals surface area (Å²) in [6.07, 6.45) is 59.1. The van der Waals surface area contributed by atoms with Crippen molar-refractivity contribution >= 4 is 11.9 Å². The van der Waals surface area contributed by atoms with E-state index in [0.717, 1.165) is 83.5 Å². The lowest BCUT2D eigenvalue weighted by atomic mass is 10.1. The standard InChI is InChI=1S/C51H88O5/c1-4-7-10-13-16-18-20-22-24-25-26-27-29-30-32-34-36-38-41-44-50(52)55-48-49(47-54-46-43-40-15-12-9-6-3)56-51(53)45-42-39-37-35-33-31-28-23-21-19-17-14-11-8-5-2/h8,11,16-19,22-24,28,33,35,49H,4-7,9-10,12-15,20-21,25-27,29-32,34,36-48H2,1-3H3/b11-8-,18-16-,19-17-,24-22-,28-23-,35-33-. The highest BCUT2D eigenvalue weighted by Gasteiger charge is 2.17. The van der Waals surface area contributed by atoms with Crippen molar-refractivity contribution < 1.29 is 23.8 Å². The molecule has 0 aromatic carbocycles. The molecule has 0 radical (unpaired) electrons. The molecule has 0 amide bonds. The molecule has 0 rings (SSSR count). The number of rotatable bonds is 42. The number of allylic oxidation sites excluding steroid dienone is 12. The lowest BCUT2D eigenvalue weighted by Gasteiger charge is -2.18. The van der Waals surface area contributed by atoms with Gasteiger partial charge in [0.15, 0.2) is 6.10 Å². The molecule has 1 unspecified atom stereocenters. The average molecular weight is 781 g/mol. The number of hydrogen-bond acceptors (Lipinski definition) is 5. The fraction of sp³-hybridized carbons (Fsp3) is 0.725. The summed E-state index contributed by atoms with van der Waals surface area (Å²) >= 11 is 0. The summed E-state index contributed by atoms with van der Waals surface area (Å²) in [4.78, 5) is 25.2. The highest BCUT2D eigenvalue weighted by molar-refractivity contribution is 5.70. The zero-order valence-corrected chi connectivity index (χ0v) is 36.9. The molecule has 0 heterocycles. The summed E-state index contributed by atoms with van der Waals surface area (Å²) in [5.74, 6) is -0.454. The molecule has 0 fully saturated rings. The number of ether oxygens (including phenoxy) is 3. The van der Waals surface area contributed by atoms with Crippen LogP contribution in [0.5, 0.6) is 0 Å². The summed E-state index contributed by atoms with van der Waals surface area (Å²) in [5, 5.41) is 0. The van der Waals surface area contributed by atoms with Crippen LogP contribution in [-0.2, 0) is 23.8 Å². The van der Waals surface area contributed by atoms with Gasteiger partial charge in [0.1, 0.15) is 6.61 Å². The Kier molecular flexibility index (Phi) is 44.5. The smallest absolute Gasteiger partial charge is 0.306 e. The van der Waals surface area contributed by atoms with Crippen molar-refractivity contribution in [3.8, 4) is 0 Å². The lowest BCUT2D eigenvalue weighted by Crippen LogP contribution is -2.30. The molecule has 0 saturated carbocycles. The van der Waals surface area contributed by atoms with Gasteiger partial charge in [0, 0.05) is 19.4 Å². The van der Waals surface area contributed by atoms with Gasteiger partial charge in [0.25, 0.3) is 0 Å². The number of carbonyl (C=O) groups is 2. The van der Waals surface area contributed by atoms with Crippen molar-refractivity contribution in [3.05, 3.63) is 72.9 Å². The molecule has 0 aliphatic heterocycles. The Balaban J connectivity index is 4.16. The van der Waals surface area contributed by atoms with Gasteiger partial charge in [-0.15, -0.1) is 0 Å². The molecular weight excluding hydrogens is 693 g/mol. The molecule has 0 saturated heterocycles. The molecule has 322 valence electrons. The van der Waals surface area contributed by atoms with Crippen LogP contribution >= 0.6 is 0 Å². The highest BCUT2D eigenvalue weighted by atomic mass is 16.6. The van der Waals surface area contributed by atoms with Crippen LogP contribution in [0.3, 0.4) is 0 Å². The van der Waals surface area contributed by atoms with Crippen molar-refractivity contribution in [2.45, 2.75) is 219 Å². The van der Waals surface area contributed by atoms with Crippen LogP contribution in [0.25, 0.3) is 0 Å². The van der Waals surface area contributed by atoms with E-state index in [2.05, 4.69) is 93.7 Å². The predicted octanol–water partition coefficient (Wildman–Crippen LogP) is 15.6. The van der Waals surface area contributed by atoms with Crippen molar-refractivity contribution in [1.29, 1.82) is 0 Å². The topological polar surface area (TPSA) is 61.8 Å². The van der Waals surface area contributed by atoms with E-state index in [1.54, 1.807) is 0 Å². The Hall–Kier alpha value is -2.66. The molecule has 5 heteroatoms. The summed E-state index contributed by atoms with van der Waals surface area (Å²) < 4.78 is 17.2. The second-order valence-corrected chi connectivity index (χ2v) is 15.3. The lowest BCUT2D eigenvalue weighted by molar-refractivity contribution is -0.163. The van der Waals surface area contributed by atoms with E-state index in [9.17, 15) is 9.59 Å². The summed E-state index contributed by atoms with van der Waals surface area (Å²) in [5.41, 5.74) is 0. The van der Waals surface area contributed by atoms with E-state index in [1.807, 2.05) is 0 Å². The first-order chi connectivity index (χ1) is 27.6. The second-order valence-electron chi connectivity index (χ2n) is 15.3. The normalized spacial score (nSPS) is 12.8. The quantitative estimate of drug-likeness (QED) is 0.0351. The van der Waals surface area contributed by atoms with Gasteiger partial charge in [-0.25, -0.2) is 0 Å². The Bertz CT molecular complexity index is 1020. The first-order valence-electron chi connectivity index (χ1n) is 23.5.